The standard InChI is InChI=1S/C27H33NO4/c29-25(23-12-8-11-22(20-23)19-21-9-4-3-5-10-21)16-14-24-15-17-26(30)28(24)18-7-2-1-6-13-27(31)32/h3-5,8-12,14,16,20,24-25,29H,1-2,6-7,13,15,17-19H2,(H,31,32)/t24-,25?/m0/s1. The number of carbonyl (C=O) groups excluding carboxylic acids is 1. The third kappa shape index (κ3) is 7.34. The lowest BCUT2D eigenvalue weighted by Crippen LogP contribution is -2.32. The van der Waals surface area contributed by atoms with E-state index in [9.17, 15) is 14.7 Å². The third-order valence-corrected chi connectivity index (χ3v) is 5.97. The number of nitrogens with zero attached hydrogens (tertiary/aromatic N) is 1. The first-order chi connectivity index (χ1) is 15.5. The molecule has 1 fully saturated rings. The number of rotatable bonds is 12. The minimum Gasteiger partial charge on any atom is -0.481 e. The van der Waals surface area contributed by atoms with E-state index in [4.69, 9.17) is 5.11 Å². The van der Waals surface area contributed by atoms with Gasteiger partial charge in [0.05, 0.1) is 12.1 Å². The van der Waals surface area contributed by atoms with Crippen molar-refractivity contribution in [1.29, 1.82) is 0 Å². The van der Waals surface area contributed by atoms with Crippen LogP contribution in [-0.2, 0) is 16.0 Å². The Bertz CT molecular complexity index is 909. The molecular weight excluding hydrogens is 402 g/mol. The highest BCUT2D eigenvalue weighted by Gasteiger charge is 2.28. The van der Waals surface area contributed by atoms with Crippen LogP contribution in [0.1, 0.15) is 67.7 Å². The third-order valence-electron chi connectivity index (χ3n) is 5.97. The zero-order chi connectivity index (χ0) is 22.8. The number of carbonyl (C=O) groups is 2. The first kappa shape index (κ1) is 23.7. The maximum absolute atomic E-state index is 12.3. The molecule has 2 aromatic rings. The number of hydrogen-bond donors (Lipinski definition) is 2. The number of carboxylic acid groups (broad SMARTS) is 1. The van der Waals surface area contributed by atoms with Crippen molar-refractivity contribution in [3.8, 4) is 0 Å². The van der Waals surface area contributed by atoms with Crippen molar-refractivity contribution in [3.05, 3.63) is 83.4 Å². The van der Waals surface area contributed by atoms with Gasteiger partial charge in [-0.05, 0) is 42.4 Å². The molecular formula is C27H33NO4. The van der Waals surface area contributed by atoms with Gasteiger partial charge in [0.15, 0.2) is 0 Å². The second kappa shape index (κ2) is 12.2. The summed E-state index contributed by atoms with van der Waals surface area (Å²) in [6.45, 7) is 0.684. The first-order valence-electron chi connectivity index (χ1n) is 11.5. The van der Waals surface area contributed by atoms with E-state index < -0.39 is 12.1 Å². The number of hydrogen-bond acceptors (Lipinski definition) is 3. The lowest BCUT2D eigenvalue weighted by molar-refractivity contribution is -0.137. The molecule has 0 aliphatic carbocycles. The topological polar surface area (TPSA) is 77.8 Å². The maximum atomic E-state index is 12.3. The Hall–Kier alpha value is -2.92. The number of benzene rings is 2. The number of carboxylic acids is 1. The van der Waals surface area contributed by atoms with Crippen LogP contribution in [0.2, 0.25) is 0 Å². The lowest BCUT2D eigenvalue weighted by atomic mass is 10.00. The van der Waals surface area contributed by atoms with E-state index in [0.717, 1.165) is 43.2 Å². The average molecular weight is 436 g/mol. The van der Waals surface area contributed by atoms with Crippen molar-refractivity contribution >= 4 is 11.9 Å². The molecule has 32 heavy (non-hydrogen) atoms. The molecule has 2 aromatic carbocycles. The van der Waals surface area contributed by atoms with Gasteiger partial charge in [0.1, 0.15) is 0 Å². The van der Waals surface area contributed by atoms with Gasteiger partial charge in [-0.3, -0.25) is 9.59 Å². The molecule has 0 aromatic heterocycles. The minimum absolute atomic E-state index is 0.0173. The molecule has 2 N–H and O–H groups in total. The molecule has 5 heteroatoms. The van der Waals surface area contributed by atoms with Crippen molar-refractivity contribution in [2.75, 3.05) is 6.54 Å². The number of likely N-dealkylation sites (tertiary alicyclic amines) is 1. The summed E-state index contributed by atoms with van der Waals surface area (Å²) in [5.74, 6) is -0.599. The van der Waals surface area contributed by atoms with Gasteiger partial charge in [-0.2, -0.15) is 0 Å². The Labute approximate surface area is 190 Å². The molecule has 5 nitrogen and oxygen atoms in total. The van der Waals surface area contributed by atoms with E-state index in [1.54, 1.807) is 6.08 Å². The van der Waals surface area contributed by atoms with E-state index >= 15 is 0 Å². The fraction of sp³-hybridized carbons (Fsp3) is 0.407. The van der Waals surface area contributed by atoms with E-state index in [0.29, 0.717) is 19.4 Å². The largest absolute Gasteiger partial charge is 0.481 e. The fourth-order valence-electron chi connectivity index (χ4n) is 4.22. The van der Waals surface area contributed by atoms with Crippen LogP contribution in [0.25, 0.3) is 0 Å². The highest BCUT2D eigenvalue weighted by atomic mass is 16.4. The Kier molecular flexibility index (Phi) is 9.05. The molecule has 0 bridgehead atoms. The number of aliphatic hydroxyl groups excluding tert-OH is 1. The van der Waals surface area contributed by atoms with Crippen molar-refractivity contribution in [2.45, 2.75) is 63.5 Å². The summed E-state index contributed by atoms with van der Waals surface area (Å²) in [4.78, 5) is 24.8. The highest BCUT2D eigenvalue weighted by Crippen LogP contribution is 2.23. The predicted octanol–water partition coefficient (Wildman–Crippen LogP) is 4.89. The summed E-state index contributed by atoms with van der Waals surface area (Å²) in [5, 5.41) is 19.4. The van der Waals surface area contributed by atoms with Crippen molar-refractivity contribution in [3.63, 3.8) is 0 Å². The van der Waals surface area contributed by atoms with Crippen LogP contribution < -0.4 is 0 Å². The molecule has 1 aliphatic rings. The van der Waals surface area contributed by atoms with E-state index in [-0.39, 0.29) is 18.4 Å². The summed E-state index contributed by atoms with van der Waals surface area (Å²) >= 11 is 0. The van der Waals surface area contributed by atoms with E-state index in [1.165, 1.54) is 5.56 Å². The number of aliphatic carboxylic acids is 1. The van der Waals surface area contributed by atoms with Crippen molar-refractivity contribution in [1.82, 2.24) is 4.90 Å². The quantitative estimate of drug-likeness (QED) is 0.367. The first-order valence-corrected chi connectivity index (χ1v) is 11.5. The van der Waals surface area contributed by atoms with Crippen LogP contribution in [-0.4, -0.2) is 39.6 Å². The normalized spacial score (nSPS) is 17.2. The summed E-state index contributed by atoms with van der Waals surface area (Å²) in [7, 11) is 0. The molecule has 1 aliphatic heterocycles. The van der Waals surface area contributed by atoms with Crippen LogP contribution >= 0.6 is 0 Å². The average Bonchev–Trinajstić information content (AvgIpc) is 3.14. The van der Waals surface area contributed by atoms with Gasteiger partial charge in [-0.15, -0.1) is 0 Å². The maximum Gasteiger partial charge on any atom is 0.303 e. The van der Waals surface area contributed by atoms with Gasteiger partial charge in [0.2, 0.25) is 5.91 Å². The lowest BCUT2D eigenvalue weighted by Gasteiger charge is -2.22. The van der Waals surface area contributed by atoms with E-state index in [1.807, 2.05) is 47.4 Å². The van der Waals surface area contributed by atoms with Crippen LogP contribution in [0, 0.1) is 0 Å². The molecule has 0 radical (unpaired) electrons. The second-order valence-electron chi connectivity index (χ2n) is 8.49. The van der Waals surface area contributed by atoms with Gasteiger partial charge in [-0.1, -0.05) is 79.6 Å². The molecule has 1 heterocycles. The fourth-order valence-corrected chi connectivity index (χ4v) is 4.22. The van der Waals surface area contributed by atoms with E-state index in [2.05, 4.69) is 18.2 Å². The molecule has 1 saturated heterocycles. The van der Waals surface area contributed by atoms with Crippen LogP contribution in [0.4, 0.5) is 0 Å². The smallest absolute Gasteiger partial charge is 0.303 e. The number of aliphatic hydroxyl groups is 1. The Morgan fingerprint density at radius 2 is 1.78 bits per heavy atom. The van der Waals surface area contributed by atoms with Gasteiger partial charge in [0.25, 0.3) is 0 Å². The Balaban J connectivity index is 1.52. The molecule has 2 atom stereocenters. The van der Waals surface area contributed by atoms with Gasteiger partial charge < -0.3 is 15.1 Å². The molecule has 1 amide bonds. The summed E-state index contributed by atoms with van der Waals surface area (Å²) in [6.07, 6.45) is 8.74. The zero-order valence-electron chi connectivity index (χ0n) is 18.5. The van der Waals surface area contributed by atoms with Crippen molar-refractivity contribution in [2.24, 2.45) is 0 Å². The monoisotopic (exact) mass is 435 g/mol. The van der Waals surface area contributed by atoms with Crippen LogP contribution in [0.5, 0.6) is 0 Å². The van der Waals surface area contributed by atoms with Gasteiger partial charge in [0, 0.05) is 19.4 Å². The molecule has 0 spiro atoms. The molecule has 0 saturated carbocycles. The van der Waals surface area contributed by atoms with Crippen LogP contribution in [0.15, 0.2) is 66.7 Å². The van der Waals surface area contributed by atoms with Gasteiger partial charge >= 0.3 is 5.97 Å². The predicted molar refractivity (Wildman–Crippen MR) is 125 cm³/mol. The van der Waals surface area contributed by atoms with Gasteiger partial charge in [-0.25, -0.2) is 0 Å². The second-order valence-corrected chi connectivity index (χ2v) is 8.49. The molecule has 3 rings (SSSR count). The Morgan fingerprint density at radius 3 is 2.56 bits per heavy atom. The summed E-state index contributed by atoms with van der Waals surface area (Å²) in [5.41, 5.74) is 3.24. The number of unbranched alkanes of at least 4 members (excludes halogenated alkanes) is 3. The minimum atomic E-state index is -0.755. The van der Waals surface area contributed by atoms with Crippen LogP contribution in [0.3, 0.4) is 0 Å². The molecule has 170 valence electrons. The van der Waals surface area contributed by atoms with Crippen molar-refractivity contribution < 1.29 is 19.8 Å². The number of amides is 1. The zero-order valence-corrected chi connectivity index (χ0v) is 18.5. The SMILES string of the molecule is O=C(O)CCCCCCN1C(=O)CC[C@@H]1C=CC(O)c1cccc(Cc2ccccc2)c1. The summed E-state index contributed by atoms with van der Waals surface area (Å²) in [6, 6.07) is 18.3. The Morgan fingerprint density at radius 1 is 1.03 bits per heavy atom. The highest BCUT2D eigenvalue weighted by molar-refractivity contribution is 5.79. The molecule has 1 unspecified atom stereocenters. The summed E-state index contributed by atoms with van der Waals surface area (Å²) < 4.78 is 0.